The van der Waals surface area contributed by atoms with Crippen molar-refractivity contribution in [2.24, 2.45) is 4.99 Å². The first kappa shape index (κ1) is 20.5. The summed E-state index contributed by atoms with van der Waals surface area (Å²) in [7, 11) is 0. The van der Waals surface area contributed by atoms with Gasteiger partial charge >= 0.3 is 17.9 Å². The predicted molar refractivity (Wildman–Crippen MR) is 96.4 cm³/mol. The van der Waals surface area contributed by atoms with E-state index in [1.54, 1.807) is 0 Å². The van der Waals surface area contributed by atoms with Crippen molar-refractivity contribution in [3.8, 4) is 11.5 Å². The molecule has 10 heteroatoms. The molecule has 0 aliphatic carbocycles. The Morgan fingerprint density at radius 2 is 1.89 bits per heavy atom. The Morgan fingerprint density at radius 3 is 2.46 bits per heavy atom. The Bertz CT molecular complexity index is 888. The van der Waals surface area contributed by atoms with Crippen LogP contribution < -0.4 is 5.32 Å². The molecule has 0 fully saturated rings. The zero-order chi connectivity index (χ0) is 20.8. The smallest absolute Gasteiger partial charge is 0.351 e. The van der Waals surface area contributed by atoms with Gasteiger partial charge in [0.2, 0.25) is 0 Å². The van der Waals surface area contributed by atoms with Crippen LogP contribution in [-0.2, 0) is 20.8 Å². The molecule has 0 spiro atoms. The second-order valence-electron chi connectivity index (χ2n) is 6.02. The zero-order valence-electron chi connectivity index (χ0n) is 14.4. The third-order valence-electron chi connectivity index (χ3n) is 3.94. The molecule has 0 aromatic heterocycles. The number of benzene rings is 1. The van der Waals surface area contributed by atoms with E-state index in [-0.39, 0.29) is 30.0 Å². The number of phenols is 2. The summed E-state index contributed by atoms with van der Waals surface area (Å²) in [6, 6.07) is 1.59. The number of aliphatic carboxylic acids is 3. The predicted octanol–water partition coefficient (Wildman–Crippen LogP) is 0.506. The van der Waals surface area contributed by atoms with Gasteiger partial charge in [-0.3, -0.25) is 4.99 Å². The van der Waals surface area contributed by atoms with Crippen LogP contribution >= 0.6 is 0 Å². The normalized spacial score (nSPS) is 19.1. The fourth-order valence-electron chi connectivity index (χ4n) is 2.51. The lowest BCUT2D eigenvalue weighted by molar-refractivity contribution is -0.140. The van der Waals surface area contributed by atoms with Gasteiger partial charge in [-0.15, -0.1) is 0 Å². The van der Waals surface area contributed by atoms with Gasteiger partial charge in [0.25, 0.3) is 0 Å². The fourth-order valence-corrected chi connectivity index (χ4v) is 2.51. The van der Waals surface area contributed by atoms with E-state index >= 15 is 0 Å². The lowest BCUT2D eigenvalue weighted by atomic mass is 10.00. The van der Waals surface area contributed by atoms with E-state index in [0.717, 1.165) is 0 Å². The molecular formula is C18H18N2O8. The number of nitrogens with one attached hydrogen (secondary N) is 1. The van der Waals surface area contributed by atoms with E-state index in [1.165, 1.54) is 36.6 Å². The van der Waals surface area contributed by atoms with Gasteiger partial charge in [-0.25, -0.2) is 14.4 Å². The number of phenolic OH excluding ortho intramolecular Hbond substituents is 2. The lowest BCUT2D eigenvalue weighted by Crippen LogP contribution is -2.41. The van der Waals surface area contributed by atoms with Crippen molar-refractivity contribution in [2.45, 2.75) is 24.9 Å². The molecule has 0 amide bonds. The molecule has 0 bridgehead atoms. The van der Waals surface area contributed by atoms with Gasteiger partial charge in [0.1, 0.15) is 11.7 Å². The van der Waals surface area contributed by atoms with Crippen LogP contribution in [-0.4, -0.2) is 61.7 Å². The van der Waals surface area contributed by atoms with Gasteiger partial charge in [0.15, 0.2) is 17.5 Å². The van der Waals surface area contributed by atoms with Crippen LogP contribution in [0.3, 0.4) is 0 Å². The van der Waals surface area contributed by atoms with Crippen LogP contribution in [0.5, 0.6) is 11.5 Å². The van der Waals surface area contributed by atoms with Gasteiger partial charge in [-0.1, -0.05) is 6.07 Å². The molecule has 2 atom stereocenters. The van der Waals surface area contributed by atoms with Gasteiger partial charge in [-0.05, 0) is 35.4 Å². The minimum Gasteiger partial charge on any atom is -0.504 e. The molecule has 0 saturated heterocycles. The quantitative estimate of drug-likeness (QED) is 0.286. The molecule has 28 heavy (non-hydrogen) atoms. The van der Waals surface area contributed by atoms with Crippen LogP contribution in [0.15, 0.2) is 46.6 Å². The first-order valence-corrected chi connectivity index (χ1v) is 8.07. The molecule has 2 rings (SSSR count). The Balaban J connectivity index is 2.18. The number of carbonyl (C=O) groups is 3. The number of carboxylic acids is 3. The van der Waals surface area contributed by atoms with Gasteiger partial charge in [0, 0.05) is 19.1 Å². The number of aliphatic imine (C=N–C) groups is 1. The Hall–Kier alpha value is -3.82. The molecule has 1 aliphatic rings. The van der Waals surface area contributed by atoms with Crippen molar-refractivity contribution < 1.29 is 39.9 Å². The largest absolute Gasteiger partial charge is 0.504 e. The zero-order valence-corrected chi connectivity index (χ0v) is 14.4. The summed E-state index contributed by atoms with van der Waals surface area (Å²) in [6.07, 6.45) is 3.72. The Labute approximate surface area is 158 Å². The number of aromatic hydroxyl groups is 2. The van der Waals surface area contributed by atoms with Crippen LogP contribution in [0.25, 0.3) is 0 Å². The summed E-state index contributed by atoms with van der Waals surface area (Å²) in [5, 5.41) is 48.6. The molecule has 0 radical (unpaired) electrons. The van der Waals surface area contributed by atoms with E-state index in [9.17, 15) is 29.7 Å². The van der Waals surface area contributed by atoms with Crippen molar-refractivity contribution in [2.75, 3.05) is 0 Å². The maximum absolute atomic E-state index is 11.4. The second-order valence-corrected chi connectivity index (χ2v) is 6.02. The summed E-state index contributed by atoms with van der Waals surface area (Å²) in [5.74, 6) is -4.47. The van der Waals surface area contributed by atoms with Crippen molar-refractivity contribution in [3.63, 3.8) is 0 Å². The molecule has 6 N–H and O–H groups in total. The average Bonchev–Trinajstić information content (AvgIpc) is 2.63. The highest BCUT2D eigenvalue weighted by Gasteiger charge is 2.26. The molecule has 1 aliphatic heterocycles. The first-order valence-electron chi connectivity index (χ1n) is 8.07. The molecule has 1 aromatic rings. The van der Waals surface area contributed by atoms with Crippen molar-refractivity contribution in [1.29, 1.82) is 0 Å². The van der Waals surface area contributed by atoms with Crippen LogP contribution in [0, 0.1) is 0 Å². The first-order chi connectivity index (χ1) is 13.2. The second kappa shape index (κ2) is 8.71. The lowest BCUT2D eigenvalue weighted by Gasteiger charge is -2.21. The van der Waals surface area contributed by atoms with Crippen molar-refractivity contribution >= 4 is 24.1 Å². The molecule has 1 aromatic carbocycles. The number of nitrogens with zero attached hydrogens (tertiary/aromatic N) is 1. The van der Waals surface area contributed by atoms with E-state index in [1.807, 2.05) is 0 Å². The monoisotopic (exact) mass is 390 g/mol. The third-order valence-corrected chi connectivity index (χ3v) is 3.94. The number of hydrogen-bond acceptors (Lipinski definition) is 7. The molecule has 10 nitrogen and oxygen atoms in total. The highest BCUT2D eigenvalue weighted by Crippen LogP contribution is 2.25. The van der Waals surface area contributed by atoms with Crippen LogP contribution in [0.4, 0.5) is 0 Å². The number of allylic oxidation sites excluding steroid dienone is 2. The van der Waals surface area contributed by atoms with E-state index in [0.29, 0.717) is 11.1 Å². The van der Waals surface area contributed by atoms with Gasteiger partial charge in [-0.2, -0.15) is 0 Å². The van der Waals surface area contributed by atoms with Gasteiger partial charge in [0.05, 0.1) is 0 Å². The summed E-state index contributed by atoms with van der Waals surface area (Å²) >= 11 is 0. The minimum absolute atomic E-state index is 0.00169. The molecule has 148 valence electrons. The van der Waals surface area contributed by atoms with Gasteiger partial charge < -0.3 is 30.8 Å². The molecule has 1 heterocycles. The van der Waals surface area contributed by atoms with Crippen molar-refractivity contribution in [1.82, 2.24) is 5.32 Å². The summed E-state index contributed by atoms with van der Waals surface area (Å²) in [4.78, 5) is 37.5. The standard InChI is InChI=1S/C18H18N2O8/c21-14-2-1-9(8-15(14)22)5-11(16(23)24)19-4-3-10-6-12(17(25)26)20-13(7-10)18(27)28/h1-4,6,8,11,13,20-22H,5,7H2,(H,23,24)(H,25,26)(H,27,28)/b10-3+,19-4?. The summed E-state index contributed by atoms with van der Waals surface area (Å²) in [6.45, 7) is 0. The SMILES string of the molecule is O=C(O)C1=C/C(=C\C=NC(Cc2ccc(O)c(O)c2)C(=O)O)CC(C(=O)O)N1. The Morgan fingerprint density at radius 1 is 1.18 bits per heavy atom. The van der Waals surface area contributed by atoms with E-state index in [4.69, 9.17) is 10.2 Å². The summed E-state index contributed by atoms with van der Waals surface area (Å²) in [5.41, 5.74) is 0.514. The number of carboxylic acid groups (broad SMARTS) is 3. The average molecular weight is 390 g/mol. The maximum atomic E-state index is 11.4. The van der Waals surface area contributed by atoms with E-state index < -0.39 is 30.0 Å². The number of hydrogen-bond donors (Lipinski definition) is 6. The van der Waals surface area contributed by atoms with E-state index in [2.05, 4.69) is 10.3 Å². The number of rotatable bonds is 7. The summed E-state index contributed by atoms with van der Waals surface area (Å²) < 4.78 is 0. The Kier molecular flexibility index (Phi) is 6.38. The third kappa shape index (κ3) is 5.34. The topological polar surface area (TPSA) is 177 Å². The highest BCUT2D eigenvalue weighted by molar-refractivity contribution is 5.90. The van der Waals surface area contributed by atoms with Crippen LogP contribution in [0.2, 0.25) is 0 Å². The molecule has 0 saturated carbocycles. The molecule has 2 unspecified atom stereocenters. The maximum Gasteiger partial charge on any atom is 0.351 e. The molecular weight excluding hydrogens is 372 g/mol. The van der Waals surface area contributed by atoms with Crippen molar-refractivity contribution in [3.05, 3.63) is 47.2 Å². The van der Waals surface area contributed by atoms with Crippen LogP contribution in [0.1, 0.15) is 12.0 Å². The fraction of sp³-hybridized carbons (Fsp3) is 0.222. The minimum atomic E-state index is -1.32. The highest BCUT2D eigenvalue weighted by atomic mass is 16.4.